The van der Waals surface area contributed by atoms with Crippen molar-refractivity contribution in [1.29, 1.82) is 0 Å². The number of benzene rings is 6. The molecule has 6 aromatic rings. The van der Waals surface area contributed by atoms with Crippen molar-refractivity contribution >= 4 is 27.8 Å². The van der Waals surface area contributed by atoms with Crippen LogP contribution in [0.2, 0.25) is 0 Å². The molecule has 0 spiro atoms. The highest BCUT2D eigenvalue weighted by atomic mass is 15.1. The van der Waals surface area contributed by atoms with Crippen LogP contribution in [0.3, 0.4) is 0 Å². The average molecular weight is 664 g/mol. The Hall–Kier alpha value is -4.62. The van der Waals surface area contributed by atoms with E-state index in [1.807, 2.05) is 0 Å². The molecule has 6 aromatic carbocycles. The largest absolute Gasteiger partial charge is 0.310 e. The van der Waals surface area contributed by atoms with E-state index in [0.717, 1.165) is 17.8 Å². The van der Waals surface area contributed by atoms with Gasteiger partial charge in [0.1, 0.15) is 0 Å². The van der Waals surface area contributed by atoms with Gasteiger partial charge < -0.3 is 4.90 Å². The third-order valence-electron chi connectivity index (χ3n) is 13.5. The van der Waals surface area contributed by atoms with E-state index in [-0.39, 0.29) is 5.41 Å². The van der Waals surface area contributed by atoms with Gasteiger partial charge in [-0.05, 0) is 136 Å². The summed E-state index contributed by atoms with van der Waals surface area (Å²) in [4.78, 5) is 2.55. The molecule has 0 radical (unpaired) electrons. The minimum absolute atomic E-state index is 0.115. The van der Waals surface area contributed by atoms with Crippen LogP contribution in [0.25, 0.3) is 33.0 Å². The van der Waals surface area contributed by atoms with Crippen LogP contribution in [0.15, 0.2) is 127 Å². The molecule has 0 amide bonds. The van der Waals surface area contributed by atoms with E-state index in [1.54, 1.807) is 5.56 Å². The Bertz CT molecular complexity index is 2240. The molecule has 254 valence electrons. The lowest BCUT2D eigenvalue weighted by Crippen LogP contribution is -2.17. The Morgan fingerprint density at radius 3 is 2.14 bits per heavy atom. The SMILES string of the molecule is CC1(C)c2cc(N(c3ccc(C4CC5CCC4C5)cc3)c3cccc4cc(C5CCCCC5)ccc34)ccc2-c2c(-c3ccccc3)cccc21. The van der Waals surface area contributed by atoms with Crippen molar-refractivity contribution in [2.24, 2.45) is 11.8 Å². The highest BCUT2D eigenvalue weighted by Gasteiger charge is 2.40. The predicted octanol–water partition coefficient (Wildman–Crippen LogP) is 14.2. The van der Waals surface area contributed by atoms with E-state index in [0.29, 0.717) is 5.92 Å². The fourth-order valence-corrected chi connectivity index (χ4v) is 10.9. The number of fused-ring (bicyclic) bond motifs is 6. The fraction of sp³-hybridized carbons (Fsp3) is 0.320. The van der Waals surface area contributed by atoms with Gasteiger partial charge in [0.15, 0.2) is 0 Å². The first kappa shape index (κ1) is 31.1. The van der Waals surface area contributed by atoms with E-state index < -0.39 is 0 Å². The molecule has 0 heterocycles. The second-order valence-corrected chi connectivity index (χ2v) is 16.7. The Balaban J connectivity index is 1.11. The van der Waals surface area contributed by atoms with Crippen LogP contribution in [0.5, 0.6) is 0 Å². The van der Waals surface area contributed by atoms with Crippen LogP contribution in [0.1, 0.15) is 106 Å². The van der Waals surface area contributed by atoms with E-state index in [1.165, 1.54) is 125 Å². The molecule has 51 heavy (non-hydrogen) atoms. The fourth-order valence-electron chi connectivity index (χ4n) is 10.9. The van der Waals surface area contributed by atoms with Crippen LogP contribution < -0.4 is 4.90 Å². The first-order valence-corrected chi connectivity index (χ1v) is 19.8. The van der Waals surface area contributed by atoms with Gasteiger partial charge in [-0.2, -0.15) is 0 Å². The summed E-state index contributed by atoms with van der Waals surface area (Å²) in [7, 11) is 0. The Morgan fingerprint density at radius 1 is 0.569 bits per heavy atom. The van der Waals surface area contributed by atoms with Gasteiger partial charge in [-0.25, -0.2) is 0 Å². The average Bonchev–Trinajstić information content (AvgIpc) is 3.89. The van der Waals surface area contributed by atoms with Gasteiger partial charge in [0.05, 0.1) is 5.69 Å². The lowest BCUT2D eigenvalue weighted by atomic mass is 9.81. The highest BCUT2D eigenvalue weighted by Crippen LogP contribution is 2.55. The molecule has 3 fully saturated rings. The summed E-state index contributed by atoms with van der Waals surface area (Å²) in [6.07, 6.45) is 12.4. The van der Waals surface area contributed by atoms with Gasteiger partial charge in [-0.1, -0.05) is 137 Å². The van der Waals surface area contributed by atoms with Gasteiger partial charge in [-0.15, -0.1) is 0 Å². The molecule has 10 rings (SSSR count). The molecule has 3 atom stereocenters. The van der Waals surface area contributed by atoms with Crippen LogP contribution in [-0.4, -0.2) is 0 Å². The maximum absolute atomic E-state index is 2.55. The summed E-state index contributed by atoms with van der Waals surface area (Å²) in [5.41, 5.74) is 14.8. The predicted molar refractivity (Wildman–Crippen MR) is 216 cm³/mol. The standard InChI is InChI=1S/C50H49N/c1-50(2)46-17-10-16-43(35-13-7-4-8-14-35)49(46)44-28-26-41(32-47(44)50)51(40-24-21-36(22-25-40)45-30-33-19-20-39(45)29-33)48-18-9-15-38-31-37(23-27-42(38)48)34-11-5-3-6-12-34/h4,7-10,13-18,21-28,31-34,39,45H,3,5-6,11-12,19-20,29-30H2,1-2H3. The van der Waals surface area contributed by atoms with Gasteiger partial charge in [0.25, 0.3) is 0 Å². The Labute approximate surface area is 304 Å². The lowest BCUT2D eigenvalue weighted by Gasteiger charge is -2.30. The molecule has 1 nitrogen and oxygen atoms in total. The van der Waals surface area contributed by atoms with Gasteiger partial charge in [0.2, 0.25) is 0 Å². The van der Waals surface area contributed by atoms with Gasteiger partial charge >= 0.3 is 0 Å². The first-order valence-electron chi connectivity index (χ1n) is 19.8. The van der Waals surface area contributed by atoms with E-state index >= 15 is 0 Å². The molecule has 1 heteroatoms. The number of nitrogens with zero attached hydrogens (tertiary/aromatic N) is 1. The maximum atomic E-state index is 2.55. The number of hydrogen-bond donors (Lipinski definition) is 0. The molecule has 4 aliphatic rings. The van der Waals surface area contributed by atoms with Crippen molar-refractivity contribution in [2.75, 3.05) is 4.90 Å². The zero-order chi connectivity index (χ0) is 34.1. The molecule has 3 unspecified atom stereocenters. The third kappa shape index (κ3) is 5.18. The molecular weight excluding hydrogens is 615 g/mol. The van der Waals surface area contributed by atoms with Crippen LogP contribution in [0, 0.1) is 11.8 Å². The van der Waals surface area contributed by atoms with Crippen molar-refractivity contribution < 1.29 is 0 Å². The topological polar surface area (TPSA) is 3.24 Å². The van der Waals surface area contributed by atoms with E-state index in [4.69, 9.17) is 0 Å². The number of anilines is 3. The molecule has 4 aliphatic carbocycles. The molecule has 0 aliphatic heterocycles. The smallest absolute Gasteiger partial charge is 0.0540 e. The minimum Gasteiger partial charge on any atom is -0.310 e. The summed E-state index contributed by atoms with van der Waals surface area (Å²) < 4.78 is 0. The summed E-state index contributed by atoms with van der Waals surface area (Å²) in [5, 5.41) is 2.67. The lowest BCUT2D eigenvalue weighted by molar-refractivity contribution is 0.420. The molecule has 0 saturated heterocycles. The van der Waals surface area contributed by atoms with Crippen molar-refractivity contribution in [2.45, 2.75) is 88.9 Å². The third-order valence-corrected chi connectivity index (χ3v) is 13.5. The van der Waals surface area contributed by atoms with Crippen LogP contribution >= 0.6 is 0 Å². The van der Waals surface area contributed by atoms with Gasteiger partial charge in [0, 0.05) is 22.2 Å². The Kier molecular flexibility index (Phi) is 7.49. The number of rotatable bonds is 6. The second kappa shape index (κ2) is 12.3. The van der Waals surface area contributed by atoms with E-state index in [2.05, 4.69) is 146 Å². The zero-order valence-electron chi connectivity index (χ0n) is 30.2. The molecular formula is C50H49N. The normalized spacial score (nSPS) is 21.9. The van der Waals surface area contributed by atoms with Crippen molar-refractivity contribution in [3.63, 3.8) is 0 Å². The zero-order valence-corrected chi connectivity index (χ0v) is 30.2. The summed E-state index contributed by atoms with van der Waals surface area (Å²) in [6, 6.07) is 49.1. The highest BCUT2D eigenvalue weighted by molar-refractivity contribution is 6.00. The quantitative estimate of drug-likeness (QED) is 0.171. The molecule has 0 aromatic heterocycles. The summed E-state index contributed by atoms with van der Waals surface area (Å²) >= 11 is 0. The molecule has 3 saturated carbocycles. The van der Waals surface area contributed by atoms with Crippen molar-refractivity contribution in [3.8, 4) is 22.3 Å². The van der Waals surface area contributed by atoms with Crippen molar-refractivity contribution in [3.05, 3.63) is 150 Å². The number of hydrogen-bond acceptors (Lipinski definition) is 1. The molecule has 0 N–H and O–H groups in total. The van der Waals surface area contributed by atoms with E-state index in [9.17, 15) is 0 Å². The first-order chi connectivity index (χ1) is 25.0. The van der Waals surface area contributed by atoms with Gasteiger partial charge in [-0.3, -0.25) is 0 Å². The minimum atomic E-state index is -0.115. The van der Waals surface area contributed by atoms with Crippen LogP contribution in [-0.2, 0) is 5.41 Å². The summed E-state index contributed by atoms with van der Waals surface area (Å²) in [5.74, 6) is 3.27. The summed E-state index contributed by atoms with van der Waals surface area (Å²) in [6.45, 7) is 4.82. The molecule has 2 bridgehead atoms. The second-order valence-electron chi connectivity index (χ2n) is 16.7. The van der Waals surface area contributed by atoms with Crippen molar-refractivity contribution in [1.82, 2.24) is 0 Å². The Morgan fingerprint density at radius 2 is 1.35 bits per heavy atom. The monoisotopic (exact) mass is 663 g/mol. The van der Waals surface area contributed by atoms with Crippen LogP contribution in [0.4, 0.5) is 17.1 Å². The maximum Gasteiger partial charge on any atom is 0.0540 e.